The topological polar surface area (TPSA) is 76.4 Å². The van der Waals surface area contributed by atoms with Gasteiger partial charge in [0.05, 0.1) is 0 Å². The first-order chi connectivity index (χ1) is 15.5. The standard InChI is InChI=1S/C24H20ClN3O3S/c1-15-4-2-3-5-20(15)30-14-22(29)28-24(32)26-18-10-11-21-19(13-18)27-23(31-21)12-16-6-8-17(25)9-7-16/h2-11,13H,12,14H2,1H3,(H2,26,28,29,32). The molecule has 32 heavy (non-hydrogen) atoms. The molecule has 1 heterocycles. The van der Waals surface area contributed by atoms with Crippen LogP contribution < -0.4 is 15.4 Å². The lowest BCUT2D eigenvalue weighted by atomic mass is 10.1. The van der Waals surface area contributed by atoms with Crippen LogP contribution in [0.25, 0.3) is 11.1 Å². The molecule has 6 nitrogen and oxygen atoms in total. The first kappa shape index (κ1) is 21.8. The van der Waals surface area contributed by atoms with Crippen LogP contribution in [0, 0.1) is 6.92 Å². The van der Waals surface area contributed by atoms with E-state index in [1.165, 1.54) is 0 Å². The molecule has 3 aromatic carbocycles. The largest absolute Gasteiger partial charge is 0.483 e. The van der Waals surface area contributed by atoms with E-state index in [9.17, 15) is 4.79 Å². The van der Waals surface area contributed by atoms with Gasteiger partial charge in [0.2, 0.25) is 0 Å². The van der Waals surface area contributed by atoms with Crippen LogP contribution in [0.4, 0.5) is 5.69 Å². The summed E-state index contributed by atoms with van der Waals surface area (Å²) >= 11 is 11.2. The number of nitrogens with one attached hydrogen (secondary N) is 2. The number of carbonyl (C=O) groups excluding carboxylic acids is 1. The van der Waals surface area contributed by atoms with Gasteiger partial charge in [-0.25, -0.2) is 4.98 Å². The highest BCUT2D eigenvalue weighted by Gasteiger charge is 2.10. The summed E-state index contributed by atoms with van der Waals surface area (Å²) in [6.07, 6.45) is 0.559. The van der Waals surface area contributed by atoms with E-state index in [0.717, 1.165) is 11.1 Å². The molecule has 4 aromatic rings. The number of anilines is 1. The highest BCUT2D eigenvalue weighted by molar-refractivity contribution is 7.80. The number of aromatic nitrogens is 1. The van der Waals surface area contributed by atoms with Gasteiger partial charge in [-0.15, -0.1) is 0 Å². The van der Waals surface area contributed by atoms with E-state index in [4.69, 9.17) is 33.0 Å². The molecule has 2 N–H and O–H groups in total. The highest BCUT2D eigenvalue weighted by atomic mass is 35.5. The number of thiocarbonyl (C=S) groups is 1. The van der Waals surface area contributed by atoms with Crippen LogP contribution in [0.5, 0.6) is 5.75 Å². The van der Waals surface area contributed by atoms with E-state index < -0.39 is 0 Å². The van der Waals surface area contributed by atoms with Gasteiger partial charge in [0.1, 0.15) is 11.3 Å². The van der Waals surface area contributed by atoms with Crippen molar-refractivity contribution >= 4 is 51.6 Å². The van der Waals surface area contributed by atoms with Gasteiger partial charge in [-0.1, -0.05) is 41.9 Å². The molecule has 1 amide bonds. The molecule has 4 rings (SSSR count). The second kappa shape index (κ2) is 9.80. The Kier molecular flexibility index (Phi) is 6.68. The zero-order chi connectivity index (χ0) is 22.5. The van der Waals surface area contributed by atoms with Crippen LogP contribution in [0.3, 0.4) is 0 Å². The van der Waals surface area contributed by atoms with E-state index in [1.54, 1.807) is 0 Å². The molecule has 0 aliphatic rings. The van der Waals surface area contributed by atoms with Crippen molar-refractivity contribution in [2.24, 2.45) is 0 Å². The zero-order valence-electron chi connectivity index (χ0n) is 17.2. The summed E-state index contributed by atoms with van der Waals surface area (Å²) in [5.41, 5.74) is 4.06. The molecule has 8 heteroatoms. The van der Waals surface area contributed by atoms with Crippen molar-refractivity contribution in [2.75, 3.05) is 11.9 Å². The minimum absolute atomic E-state index is 0.136. The number of aryl methyl sites for hydroxylation is 1. The molecule has 0 spiro atoms. The Balaban J connectivity index is 1.34. The van der Waals surface area contributed by atoms with Crippen LogP contribution >= 0.6 is 23.8 Å². The Morgan fingerprint density at radius 1 is 1.12 bits per heavy atom. The molecule has 0 unspecified atom stereocenters. The number of ether oxygens (including phenoxy) is 1. The second-order valence-electron chi connectivity index (χ2n) is 7.15. The lowest BCUT2D eigenvalue weighted by molar-refractivity contribution is -0.121. The number of carbonyl (C=O) groups is 1. The summed E-state index contributed by atoms with van der Waals surface area (Å²) in [6, 6.07) is 20.5. The van der Waals surface area contributed by atoms with Crippen molar-refractivity contribution in [3.8, 4) is 5.75 Å². The van der Waals surface area contributed by atoms with Crippen LogP contribution in [-0.2, 0) is 11.2 Å². The number of fused-ring (bicyclic) bond motifs is 1. The van der Waals surface area contributed by atoms with Crippen LogP contribution in [0.15, 0.2) is 71.1 Å². The number of nitrogens with zero attached hydrogens (tertiary/aromatic N) is 1. The fourth-order valence-corrected chi connectivity index (χ4v) is 3.45. The number of amides is 1. The predicted octanol–water partition coefficient (Wildman–Crippen LogP) is 5.27. The van der Waals surface area contributed by atoms with Gasteiger partial charge in [0, 0.05) is 17.1 Å². The summed E-state index contributed by atoms with van der Waals surface area (Å²) in [6.45, 7) is 1.78. The van der Waals surface area contributed by atoms with Crippen molar-refractivity contribution in [1.82, 2.24) is 10.3 Å². The number of benzene rings is 3. The number of hydrogen-bond acceptors (Lipinski definition) is 5. The Bertz CT molecular complexity index is 1270. The molecule has 0 atom stereocenters. The molecule has 0 fully saturated rings. The maximum Gasteiger partial charge on any atom is 0.264 e. The van der Waals surface area contributed by atoms with Crippen molar-refractivity contribution in [3.05, 3.63) is 88.8 Å². The molecule has 0 radical (unpaired) electrons. The SMILES string of the molecule is Cc1ccccc1OCC(=O)NC(=S)Nc1ccc2oc(Cc3ccc(Cl)cc3)nc2c1. The number of hydrogen-bond donors (Lipinski definition) is 2. The predicted molar refractivity (Wildman–Crippen MR) is 129 cm³/mol. The average molecular weight is 466 g/mol. The van der Waals surface area contributed by atoms with Crippen molar-refractivity contribution in [1.29, 1.82) is 0 Å². The maximum atomic E-state index is 12.1. The Morgan fingerprint density at radius 3 is 2.69 bits per heavy atom. The molecule has 0 aliphatic heterocycles. The third-order valence-corrected chi connectivity index (χ3v) is 5.12. The molecule has 1 aromatic heterocycles. The van der Waals surface area contributed by atoms with Crippen molar-refractivity contribution in [2.45, 2.75) is 13.3 Å². The first-order valence-electron chi connectivity index (χ1n) is 9.89. The van der Waals surface area contributed by atoms with Crippen LogP contribution in [-0.4, -0.2) is 22.6 Å². The smallest absolute Gasteiger partial charge is 0.264 e. The van der Waals surface area contributed by atoms with E-state index in [2.05, 4.69) is 15.6 Å². The third kappa shape index (κ3) is 5.63. The molecular weight excluding hydrogens is 446 g/mol. The van der Waals surface area contributed by atoms with Gasteiger partial charge >= 0.3 is 0 Å². The molecule has 0 saturated carbocycles. The Labute approximate surface area is 195 Å². The lowest BCUT2D eigenvalue weighted by Gasteiger charge is -2.11. The number of rotatable bonds is 6. The first-order valence-corrected chi connectivity index (χ1v) is 10.7. The quantitative estimate of drug-likeness (QED) is 0.378. The number of oxazole rings is 1. The molecule has 162 valence electrons. The van der Waals surface area contributed by atoms with Gasteiger partial charge in [0.25, 0.3) is 5.91 Å². The van der Waals surface area contributed by atoms with E-state index in [1.807, 2.05) is 73.7 Å². The van der Waals surface area contributed by atoms with Crippen molar-refractivity contribution in [3.63, 3.8) is 0 Å². The Morgan fingerprint density at radius 2 is 1.91 bits per heavy atom. The molecule has 0 aliphatic carbocycles. The van der Waals surface area contributed by atoms with Gasteiger partial charge < -0.3 is 14.5 Å². The third-order valence-electron chi connectivity index (χ3n) is 4.66. The summed E-state index contributed by atoms with van der Waals surface area (Å²) in [5, 5.41) is 6.46. The average Bonchev–Trinajstić information content (AvgIpc) is 3.16. The molecule has 0 saturated heterocycles. The van der Waals surface area contributed by atoms with Gasteiger partial charge in [-0.2, -0.15) is 0 Å². The minimum Gasteiger partial charge on any atom is -0.483 e. The Hall–Kier alpha value is -3.42. The fraction of sp³-hybridized carbons (Fsp3) is 0.125. The summed E-state index contributed by atoms with van der Waals surface area (Å²) < 4.78 is 11.4. The highest BCUT2D eigenvalue weighted by Crippen LogP contribution is 2.22. The summed E-state index contributed by atoms with van der Waals surface area (Å²) in [7, 11) is 0. The molecular formula is C24H20ClN3O3S. The van der Waals surface area contributed by atoms with Crippen LogP contribution in [0.1, 0.15) is 17.0 Å². The maximum absolute atomic E-state index is 12.1. The fourth-order valence-electron chi connectivity index (χ4n) is 3.09. The van der Waals surface area contributed by atoms with E-state index in [0.29, 0.717) is 39.9 Å². The van der Waals surface area contributed by atoms with Gasteiger partial charge in [0.15, 0.2) is 23.2 Å². The van der Waals surface area contributed by atoms with Gasteiger partial charge in [-0.05, 0) is 66.7 Å². The van der Waals surface area contributed by atoms with Gasteiger partial charge in [-0.3, -0.25) is 10.1 Å². The normalized spacial score (nSPS) is 10.7. The van der Waals surface area contributed by atoms with E-state index >= 15 is 0 Å². The number of halogens is 1. The zero-order valence-corrected chi connectivity index (χ0v) is 18.8. The monoisotopic (exact) mass is 465 g/mol. The lowest BCUT2D eigenvalue weighted by Crippen LogP contribution is -2.37. The summed E-state index contributed by atoms with van der Waals surface area (Å²) in [5.74, 6) is 0.912. The molecule has 0 bridgehead atoms. The van der Waals surface area contributed by atoms with Crippen LogP contribution in [0.2, 0.25) is 5.02 Å². The summed E-state index contributed by atoms with van der Waals surface area (Å²) in [4.78, 5) is 16.7. The minimum atomic E-state index is -0.349. The van der Waals surface area contributed by atoms with E-state index in [-0.39, 0.29) is 17.6 Å². The van der Waals surface area contributed by atoms with Crippen molar-refractivity contribution < 1.29 is 13.9 Å². The number of para-hydroxylation sites is 1. The second-order valence-corrected chi connectivity index (χ2v) is 7.99.